The predicted octanol–water partition coefficient (Wildman–Crippen LogP) is 0.0698. The number of anilines is 2. The number of carbonyl (C=O) groups excluding carboxylic acids is 4. The van der Waals surface area contributed by atoms with Crippen LogP contribution in [0.4, 0.5) is 10.9 Å². The van der Waals surface area contributed by atoms with E-state index >= 15 is 0 Å². The van der Waals surface area contributed by atoms with Crippen molar-refractivity contribution in [1.29, 1.82) is 0 Å². The van der Waals surface area contributed by atoms with Gasteiger partial charge in [0.2, 0.25) is 0 Å². The van der Waals surface area contributed by atoms with E-state index in [1.165, 1.54) is 0 Å². The molecule has 14 heteroatoms. The van der Waals surface area contributed by atoms with Crippen LogP contribution in [-0.4, -0.2) is 64.0 Å². The molecule has 4 aliphatic rings. The molecule has 2 saturated heterocycles. The number of carboxylic acids is 1. The van der Waals surface area contributed by atoms with E-state index in [0.29, 0.717) is 30.5 Å². The van der Waals surface area contributed by atoms with E-state index in [9.17, 15) is 24.3 Å². The highest BCUT2D eigenvalue weighted by Crippen LogP contribution is 2.38. The number of hydrogen-bond donors (Lipinski definition) is 2. The highest BCUT2D eigenvalue weighted by molar-refractivity contribution is 7.13. The lowest BCUT2D eigenvalue weighted by Gasteiger charge is -2.51. The Bertz CT molecular complexity index is 1590. The van der Waals surface area contributed by atoms with Crippen LogP contribution in [-0.2, 0) is 31.1 Å². The number of thiazole rings is 1. The monoisotopic (exact) mass is 605 g/mol. The number of hydrogen-bond acceptors (Lipinski definition) is 10. The van der Waals surface area contributed by atoms with Crippen LogP contribution in [0.2, 0.25) is 0 Å². The van der Waals surface area contributed by atoms with Gasteiger partial charge < -0.3 is 30.7 Å². The Balaban J connectivity index is 1.20. The molecule has 1 saturated carbocycles. The molecular weight excluding hydrogens is 574 g/mol. The first-order valence-corrected chi connectivity index (χ1v) is 15.1. The zero-order valence-corrected chi connectivity index (χ0v) is 24.3. The molecule has 0 aromatic carbocycles. The van der Waals surface area contributed by atoms with Gasteiger partial charge in [0.25, 0.3) is 17.6 Å². The van der Waals surface area contributed by atoms with Crippen molar-refractivity contribution in [1.82, 2.24) is 15.2 Å². The van der Waals surface area contributed by atoms with E-state index in [4.69, 9.17) is 10.6 Å². The van der Waals surface area contributed by atoms with Crippen molar-refractivity contribution in [3.8, 4) is 0 Å². The number of aromatic nitrogens is 2. The maximum atomic E-state index is 13.3. The van der Waals surface area contributed by atoms with Gasteiger partial charge in [0.15, 0.2) is 10.8 Å². The number of nitrogens with zero attached hydrogens (tertiary/aromatic N) is 5. The predicted molar refractivity (Wildman–Crippen MR) is 153 cm³/mol. The minimum absolute atomic E-state index is 0.0980. The summed E-state index contributed by atoms with van der Waals surface area (Å²) in [7, 11) is 1.84. The van der Waals surface area contributed by atoms with Gasteiger partial charge in [-0.25, -0.2) is 14.3 Å². The van der Waals surface area contributed by atoms with E-state index < -0.39 is 29.9 Å². The van der Waals surface area contributed by atoms with E-state index in [2.05, 4.69) is 15.5 Å². The highest BCUT2D eigenvalue weighted by atomic mass is 32.1. The number of fused-ring (bicyclic) bond motifs is 1. The Kier molecular flexibility index (Phi) is 7.69. The van der Waals surface area contributed by atoms with Gasteiger partial charge in [-0.3, -0.25) is 9.59 Å². The Labute approximate surface area is 251 Å². The topological polar surface area (TPSA) is 174 Å². The molecule has 3 aliphatic heterocycles. The van der Waals surface area contributed by atoms with Gasteiger partial charge in [0, 0.05) is 23.4 Å². The smallest absolute Gasteiger partial charge is 0.337 e. The van der Waals surface area contributed by atoms with Gasteiger partial charge in [-0.2, -0.15) is 4.90 Å². The number of aliphatic carboxylic acids is 1. The van der Waals surface area contributed by atoms with Gasteiger partial charge in [0.1, 0.15) is 17.8 Å². The van der Waals surface area contributed by atoms with Crippen molar-refractivity contribution in [3.05, 3.63) is 58.4 Å². The second kappa shape index (κ2) is 11.6. The number of carbonyl (C=O) groups is 4. The standard InChI is InChI=1S/C29H31N7O6S/c1-34-12-5-4-8-21(34)35-13-11-17(26(35)38)14-16-9-10-20-23(27(39)36(20)24(16)28(40)41)32-25(37)22(19-15-43-29(30)31-19)33-42-18-6-2-3-7-18/h4-5,8,12,14-15,18,20,23H,2-3,6-7,9-11,13H2,1H3,(H3-,30,31,32,37,40,41)/b17-14+,33-22-/t20-,23+/m1/s1. The van der Waals surface area contributed by atoms with Crippen molar-refractivity contribution < 1.29 is 33.7 Å². The van der Waals surface area contributed by atoms with Gasteiger partial charge in [-0.1, -0.05) is 11.2 Å². The largest absolute Gasteiger partial charge is 0.543 e. The summed E-state index contributed by atoms with van der Waals surface area (Å²) in [5, 5.41) is 20.9. The van der Waals surface area contributed by atoms with Gasteiger partial charge >= 0.3 is 5.91 Å². The van der Waals surface area contributed by atoms with Crippen LogP contribution in [0, 0.1) is 0 Å². The molecule has 43 heavy (non-hydrogen) atoms. The summed E-state index contributed by atoms with van der Waals surface area (Å²) in [4.78, 5) is 64.7. The summed E-state index contributed by atoms with van der Waals surface area (Å²) >= 11 is 1.14. The third kappa shape index (κ3) is 5.38. The number of allylic oxidation sites excluding steroid dienone is 2. The van der Waals surface area contributed by atoms with Crippen molar-refractivity contribution in [2.75, 3.05) is 17.2 Å². The van der Waals surface area contributed by atoms with Crippen molar-refractivity contribution in [3.63, 3.8) is 0 Å². The van der Waals surface area contributed by atoms with Gasteiger partial charge in [0.05, 0.1) is 37.5 Å². The molecule has 2 atom stereocenters. The molecular formula is C29H31N7O6S. The zero-order valence-electron chi connectivity index (χ0n) is 23.5. The summed E-state index contributed by atoms with van der Waals surface area (Å²) in [6.45, 7) is 0.453. The van der Waals surface area contributed by atoms with E-state index in [1.807, 2.05) is 36.0 Å². The van der Waals surface area contributed by atoms with Crippen molar-refractivity contribution in [2.45, 2.75) is 63.1 Å². The first-order valence-electron chi connectivity index (χ1n) is 14.2. The van der Waals surface area contributed by atoms with Crippen LogP contribution in [0.15, 0.2) is 57.9 Å². The number of rotatable bonds is 8. The molecule has 6 rings (SSSR count). The molecule has 3 fully saturated rings. The SMILES string of the molecule is C[n+]1ccccc1N1CC/C(=C\C2=C(C(=O)[O-])N3C(=O)[C@@H](NC(=O)/C(=N\OC4CCCC4)c4csc(N)n4)[C@H]3CC2)C1=O. The van der Waals surface area contributed by atoms with E-state index in [1.54, 1.807) is 16.4 Å². The molecule has 3 N–H and O–H groups in total. The molecule has 1 aliphatic carbocycles. The number of carboxylic acid groups (broad SMARTS) is 1. The van der Waals surface area contributed by atoms with Crippen LogP contribution in [0.1, 0.15) is 50.6 Å². The van der Waals surface area contributed by atoms with Crippen LogP contribution >= 0.6 is 11.3 Å². The number of aryl methyl sites for hydroxylation is 1. The molecule has 13 nitrogen and oxygen atoms in total. The molecule has 2 aromatic rings. The fourth-order valence-corrected chi connectivity index (χ4v) is 6.67. The molecule has 0 bridgehead atoms. The third-order valence-electron chi connectivity index (χ3n) is 8.31. The average molecular weight is 606 g/mol. The lowest BCUT2D eigenvalue weighted by Crippen LogP contribution is -2.72. The molecule has 0 radical (unpaired) electrons. The quantitative estimate of drug-likeness (QED) is 0.140. The van der Waals surface area contributed by atoms with Crippen LogP contribution in [0.3, 0.4) is 0 Å². The maximum absolute atomic E-state index is 13.3. The molecule has 3 amide bonds. The second-order valence-electron chi connectivity index (χ2n) is 11.0. The molecule has 0 spiro atoms. The van der Waals surface area contributed by atoms with Gasteiger partial charge in [-0.15, -0.1) is 11.3 Å². The fraction of sp³-hybridized carbons (Fsp3) is 0.414. The summed E-state index contributed by atoms with van der Waals surface area (Å²) in [5.74, 6) is -2.26. The summed E-state index contributed by atoms with van der Waals surface area (Å²) in [6.07, 6.45) is 8.12. The van der Waals surface area contributed by atoms with Crippen LogP contribution in [0.25, 0.3) is 0 Å². The Morgan fingerprint density at radius 3 is 2.72 bits per heavy atom. The number of amides is 3. The lowest BCUT2D eigenvalue weighted by molar-refractivity contribution is -0.658. The number of β-lactam (4-membered cyclic amide) rings is 1. The number of nitrogen functional groups attached to an aromatic ring is 1. The lowest BCUT2D eigenvalue weighted by atomic mass is 9.82. The van der Waals surface area contributed by atoms with Gasteiger partial charge in [-0.05, 0) is 56.2 Å². The Morgan fingerprint density at radius 2 is 2.02 bits per heavy atom. The molecule has 5 heterocycles. The van der Waals surface area contributed by atoms with E-state index in [0.717, 1.165) is 47.7 Å². The van der Waals surface area contributed by atoms with Crippen LogP contribution in [0.5, 0.6) is 0 Å². The first-order chi connectivity index (χ1) is 20.7. The minimum atomic E-state index is -1.52. The van der Waals surface area contributed by atoms with Crippen LogP contribution < -0.4 is 25.6 Å². The molecule has 0 unspecified atom stereocenters. The van der Waals surface area contributed by atoms with Crippen molar-refractivity contribution in [2.24, 2.45) is 12.2 Å². The van der Waals surface area contributed by atoms with Crippen molar-refractivity contribution >= 4 is 51.7 Å². The number of oxime groups is 1. The summed E-state index contributed by atoms with van der Waals surface area (Å²) in [6, 6.07) is 3.99. The average Bonchev–Trinajstić information content (AvgIpc) is 3.74. The first kappa shape index (κ1) is 28.5. The number of nitrogens with one attached hydrogen (secondary N) is 1. The second-order valence-corrected chi connectivity index (χ2v) is 11.9. The van der Waals surface area contributed by atoms with E-state index in [-0.39, 0.29) is 40.7 Å². The summed E-state index contributed by atoms with van der Waals surface area (Å²) < 4.78 is 1.84. The third-order valence-corrected chi connectivity index (χ3v) is 8.98. The Hall–Kier alpha value is -4.59. The minimum Gasteiger partial charge on any atom is -0.543 e. The zero-order chi connectivity index (χ0) is 30.2. The maximum Gasteiger partial charge on any atom is 0.337 e. The normalized spacial score (nSPS) is 23.6. The summed E-state index contributed by atoms with van der Waals surface area (Å²) in [5.41, 5.74) is 6.44. The molecule has 224 valence electrons. The molecule has 2 aromatic heterocycles. The highest BCUT2D eigenvalue weighted by Gasteiger charge is 2.52. The number of nitrogens with two attached hydrogens (primary N) is 1. The Morgan fingerprint density at radius 1 is 1.23 bits per heavy atom. The fourth-order valence-electron chi connectivity index (χ4n) is 6.12. The number of pyridine rings is 1.